The highest BCUT2D eigenvalue weighted by atomic mass is 127. The number of rotatable bonds is 4. The van der Waals surface area contributed by atoms with E-state index in [0.29, 0.717) is 5.78 Å². The van der Waals surface area contributed by atoms with Gasteiger partial charge in [0.25, 0.3) is 0 Å². The van der Waals surface area contributed by atoms with Crippen LogP contribution in [0.15, 0.2) is 60.7 Å². The smallest absolute Gasteiger partial charge is 0.147 e. The van der Waals surface area contributed by atoms with Gasteiger partial charge in [0, 0.05) is 5.92 Å². The second-order valence-corrected chi connectivity index (χ2v) is 6.23. The standard InChI is InChI=1S/C20H23NO.CH3I/c1-21-14-12-18(13-15-21)20(22)19(16-8-4-2-5-9-16)17-10-6-3-7-11-17;1-2/h2-11,18-19H,12-15H2,1H3;1H3. The molecule has 0 aliphatic carbocycles. The fourth-order valence-electron chi connectivity index (χ4n) is 3.34. The monoisotopic (exact) mass is 435 g/mol. The van der Waals surface area contributed by atoms with Crippen LogP contribution in [0.25, 0.3) is 0 Å². The van der Waals surface area contributed by atoms with Crippen molar-refractivity contribution in [2.45, 2.75) is 18.8 Å². The van der Waals surface area contributed by atoms with Crippen LogP contribution in [0.1, 0.15) is 29.9 Å². The molecule has 3 heteroatoms. The molecule has 24 heavy (non-hydrogen) atoms. The van der Waals surface area contributed by atoms with E-state index in [2.05, 4.69) is 58.8 Å². The molecule has 2 nitrogen and oxygen atoms in total. The van der Waals surface area contributed by atoms with Crippen molar-refractivity contribution < 1.29 is 4.79 Å². The summed E-state index contributed by atoms with van der Waals surface area (Å²) in [5.74, 6) is 0.433. The van der Waals surface area contributed by atoms with E-state index in [4.69, 9.17) is 0 Å². The van der Waals surface area contributed by atoms with Crippen molar-refractivity contribution in [1.29, 1.82) is 0 Å². The zero-order valence-corrected chi connectivity index (χ0v) is 16.6. The second kappa shape index (κ2) is 9.94. The maximum atomic E-state index is 13.2. The molecule has 0 aromatic heterocycles. The first kappa shape index (κ1) is 19.1. The van der Waals surface area contributed by atoms with Gasteiger partial charge in [-0.05, 0) is 49.0 Å². The van der Waals surface area contributed by atoms with Gasteiger partial charge >= 0.3 is 0 Å². The van der Waals surface area contributed by atoms with Crippen LogP contribution in [0.2, 0.25) is 0 Å². The molecular weight excluding hydrogens is 409 g/mol. The molecule has 2 aromatic carbocycles. The summed E-state index contributed by atoms with van der Waals surface area (Å²) in [7, 11) is 2.13. The van der Waals surface area contributed by atoms with Gasteiger partial charge in [-0.15, -0.1) is 0 Å². The third kappa shape index (κ3) is 4.90. The number of likely N-dealkylation sites (tertiary alicyclic amines) is 1. The lowest BCUT2D eigenvalue weighted by molar-refractivity contribution is -0.124. The molecule has 2 aromatic rings. The van der Waals surface area contributed by atoms with Gasteiger partial charge in [0.15, 0.2) is 0 Å². The van der Waals surface area contributed by atoms with Gasteiger partial charge in [-0.3, -0.25) is 4.79 Å². The number of benzene rings is 2. The molecule has 0 radical (unpaired) electrons. The Labute approximate surface area is 159 Å². The number of hydrogen-bond acceptors (Lipinski definition) is 2. The summed E-state index contributed by atoms with van der Waals surface area (Å²) in [5, 5.41) is 0. The third-order valence-corrected chi connectivity index (χ3v) is 4.67. The highest BCUT2D eigenvalue weighted by Gasteiger charge is 2.31. The molecule has 1 aliphatic heterocycles. The Morgan fingerprint density at radius 3 is 1.75 bits per heavy atom. The largest absolute Gasteiger partial charge is 0.306 e. The highest BCUT2D eigenvalue weighted by Crippen LogP contribution is 2.31. The third-order valence-electron chi connectivity index (χ3n) is 4.67. The maximum Gasteiger partial charge on any atom is 0.147 e. The zero-order chi connectivity index (χ0) is 17.4. The number of alkyl halides is 1. The van der Waals surface area contributed by atoms with E-state index in [1.807, 2.05) is 41.3 Å². The predicted molar refractivity (Wildman–Crippen MR) is 110 cm³/mol. The summed E-state index contributed by atoms with van der Waals surface area (Å²) in [6.45, 7) is 2.04. The number of halogens is 1. The number of nitrogens with zero attached hydrogens (tertiary/aromatic N) is 1. The van der Waals surface area contributed by atoms with Gasteiger partial charge in [-0.2, -0.15) is 0 Å². The fraction of sp³-hybridized carbons (Fsp3) is 0.381. The Morgan fingerprint density at radius 2 is 1.33 bits per heavy atom. The van der Waals surface area contributed by atoms with Crippen LogP contribution >= 0.6 is 22.6 Å². The molecule has 0 atom stereocenters. The molecule has 1 heterocycles. The van der Waals surface area contributed by atoms with Crippen molar-refractivity contribution >= 4 is 28.4 Å². The van der Waals surface area contributed by atoms with Gasteiger partial charge < -0.3 is 4.90 Å². The summed E-state index contributed by atoms with van der Waals surface area (Å²) in [6, 6.07) is 20.4. The Bertz CT molecular complexity index is 567. The van der Waals surface area contributed by atoms with Crippen LogP contribution in [0, 0.1) is 5.92 Å². The molecule has 0 amide bonds. The van der Waals surface area contributed by atoms with E-state index in [1.54, 1.807) is 0 Å². The van der Waals surface area contributed by atoms with Crippen LogP contribution in [-0.2, 0) is 4.79 Å². The summed E-state index contributed by atoms with van der Waals surface area (Å²) < 4.78 is 0. The number of Topliss-reactive ketones (excluding diaryl/α,β-unsaturated/α-hetero) is 1. The zero-order valence-electron chi connectivity index (χ0n) is 14.5. The lowest BCUT2D eigenvalue weighted by Crippen LogP contribution is -2.35. The Balaban J connectivity index is 0.00000100. The molecule has 1 aliphatic rings. The summed E-state index contributed by atoms with van der Waals surface area (Å²) in [4.78, 5) is 17.5. The van der Waals surface area contributed by atoms with Gasteiger partial charge in [0.05, 0.1) is 5.92 Å². The first-order valence-electron chi connectivity index (χ1n) is 8.45. The Morgan fingerprint density at radius 1 is 0.917 bits per heavy atom. The van der Waals surface area contributed by atoms with E-state index in [0.717, 1.165) is 37.1 Å². The van der Waals surface area contributed by atoms with Crippen LogP contribution in [0.4, 0.5) is 0 Å². The molecule has 0 unspecified atom stereocenters. The fourth-order valence-corrected chi connectivity index (χ4v) is 3.34. The van der Waals surface area contributed by atoms with Crippen molar-refractivity contribution in [3.8, 4) is 0 Å². The number of piperidine rings is 1. The minimum Gasteiger partial charge on any atom is -0.306 e. The summed E-state index contributed by atoms with van der Waals surface area (Å²) in [6.07, 6.45) is 1.96. The van der Waals surface area contributed by atoms with E-state index < -0.39 is 0 Å². The van der Waals surface area contributed by atoms with Gasteiger partial charge in [-0.25, -0.2) is 0 Å². The molecule has 0 N–H and O–H groups in total. The Kier molecular flexibility index (Phi) is 7.92. The van der Waals surface area contributed by atoms with Gasteiger partial charge in [0.1, 0.15) is 5.78 Å². The quantitative estimate of drug-likeness (QED) is 0.509. The lowest BCUT2D eigenvalue weighted by atomic mass is 9.79. The Hall–Kier alpha value is -1.20. The number of hydrogen-bond donors (Lipinski definition) is 0. The average molecular weight is 435 g/mol. The van der Waals surface area contributed by atoms with Crippen LogP contribution in [-0.4, -0.2) is 35.8 Å². The van der Waals surface area contributed by atoms with E-state index in [1.165, 1.54) is 0 Å². The second-order valence-electron chi connectivity index (χ2n) is 6.23. The number of carbonyl (C=O) groups excluding carboxylic acids is 1. The first-order chi connectivity index (χ1) is 11.8. The molecule has 0 saturated carbocycles. The van der Waals surface area contributed by atoms with Crippen LogP contribution in [0.3, 0.4) is 0 Å². The van der Waals surface area contributed by atoms with Crippen molar-refractivity contribution in [1.82, 2.24) is 4.90 Å². The molecular formula is C21H26INO. The van der Waals surface area contributed by atoms with Crippen LogP contribution in [0.5, 0.6) is 0 Å². The molecule has 128 valence electrons. The lowest BCUT2D eigenvalue weighted by Gasteiger charge is -2.30. The predicted octanol–water partition coefficient (Wildman–Crippen LogP) is 4.78. The highest BCUT2D eigenvalue weighted by molar-refractivity contribution is 14.1. The summed E-state index contributed by atoms with van der Waals surface area (Å²) >= 11 is 2.15. The average Bonchev–Trinajstić information content (AvgIpc) is 2.66. The summed E-state index contributed by atoms with van der Waals surface area (Å²) in [5.41, 5.74) is 2.22. The molecule has 0 bridgehead atoms. The van der Waals surface area contributed by atoms with Crippen molar-refractivity contribution in [2.24, 2.45) is 5.92 Å². The van der Waals surface area contributed by atoms with E-state index in [-0.39, 0.29) is 11.8 Å². The topological polar surface area (TPSA) is 20.3 Å². The minimum atomic E-state index is -0.129. The molecule has 1 fully saturated rings. The molecule has 0 spiro atoms. The SMILES string of the molecule is CI.CN1CCC(C(=O)C(c2ccccc2)c2ccccc2)CC1. The molecule has 1 saturated heterocycles. The van der Waals surface area contributed by atoms with Gasteiger partial charge in [-0.1, -0.05) is 83.3 Å². The number of carbonyl (C=O) groups is 1. The number of ketones is 1. The first-order valence-corrected chi connectivity index (χ1v) is 10.6. The van der Waals surface area contributed by atoms with Crippen molar-refractivity contribution in [2.75, 3.05) is 25.1 Å². The van der Waals surface area contributed by atoms with Crippen molar-refractivity contribution in [3.05, 3.63) is 71.8 Å². The van der Waals surface area contributed by atoms with Crippen LogP contribution < -0.4 is 0 Å². The normalized spacial score (nSPS) is 15.7. The van der Waals surface area contributed by atoms with Gasteiger partial charge in [0.2, 0.25) is 0 Å². The minimum absolute atomic E-state index is 0.129. The maximum absolute atomic E-state index is 13.2. The van der Waals surface area contributed by atoms with E-state index >= 15 is 0 Å². The van der Waals surface area contributed by atoms with Crippen molar-refractivity contribution in [3.63, 3.8) is 0 Å². The molecule has 3 rings (SSSR count). The van der Waals surface area contributed by atoms with E-state index in [9.17, 15) is 4.79 Å².